The van der Waals surface area contributed by atoms with E-state index in [1.165, 1.54) is 17.2 Å². The summed E-state index contributed by atoms with van der Waals surface area (Å²) in [5.74, 6) is 0.343. The van der Waals surface area contributed by atoms with E-state index in [1.54, 1.807) is 11.3 Å². The van der Waals surface area contributed by atoms with Gasteiger partial charge in [0, 0.05) is 23.5 Å². The number of para-hydroxylation sites is 1. The molecule has 0 spiro atoms. The number of thiophene rings is 1. The molecule has 3 aromatic heterocycles. The van der Waals surface area contributed by atoms with Gasteiger partial charge in [-0.15, -0.1) is 11.3 Å². The predicted molar refractivity (Wildman–Crippen MR) is 101 cm³/mol. The Labute approximate surface area is 154 Å². The summed E-state index contributed by atoms with van der Waals surface area (Å²) in [6.07, 6.45) is 5.52. The zero-order chi connectivity index (χ0) is 17.8. The first-order valence-corrected chi connectivity index (χ1v) is 9.36. The van der Waals surface area contributed by atoms with Gasteiger partial charge in [-0.05, 0) is 35.9 Å². The van der Waals surface area contributed by atoms with Crippen LogP contribution in [-0.4, -0.2) is 15.9 Å². The summed E-state index contributed by atoms with van der Waals surface area (Å²) in [7, 11) is 0. The molecule has 0 saturated carbocycles. The van der Waals surface area contributed by atoms with Gasteiger partial charge >= 0.3 is 5.97 Å². The summed E-state index contributed by atoms with van der Waals surface area (Å²) in [4.78, 5) is 20.5. The van der Waals surface area contributed by atoms with E-state index in [-0.39, 0.29) is 12.6 Å². The van der Waals surface area contributed by atoms with E-state index in [0.29, 0.717) is 18.0 Å². The van der Waals surface area contributed by atoms with Crippen LogP contribution in [0.25, 0.3) is 21.7 Å². The molecule has 4 rings (SSSR count). The molecule has 0 aliphatic carbocycles. The van der Waals surface area contributed by atoms with Crippen LogP contribution in [0.2, 0.25) is 0 Å². The van der Waals surface area contributed by atoms with Crippen LogP contribution in [0.15, 0.2) is 58.7 Å². The lowest BCUT2D eigenvalue weighted by atomic mass is 10.1. The first-order chi connectivity index (χ1) is 12.8. The molecule has 0 amide bonds. The molecule has 1 aromatic carbocycles. The van der Waals surface area contributed by atoms with Crippen LogP contribution in [0.1, 0.15) is 24.1 Å². The number of carbonyl (C=O) groups excluding carboxylic acids is 1. The largest absolute Gasteiger partial charge is 0.459 e. The molecule has 0 aliphatic heterocycles. The maximum atomic E-state index is 12.0. The minimum absolute atomic E-state index is 0.140. The molecule has 0 atom stereocenters. The summed E-state index contributed by atoms with van der Waals surface area (Å²) in [5, 5.41) is 3.18. The highest BCUT2D eigenvalue weighted by Gasteiger charge is 2.10. The summed E-state index contributed by atoms with van der Waals surface area (Å²) < 4.78 is 10.7. The fourth-order valence-corrected chi connectivity index (χ4v) is 3.53. The van der Waals surface area contributed by atoms with E-state index in [0.717, 1.165) is 23.2 Å². The van der Waals surface area contributed by atoms with Gasteiger partial charge in [0.2, 0.25) is 5.89 Å². The molecule has 26 heavy (non-hydrogen) atoms. The van der Waals surface area contributed by atoms with Crippen molar-refractivity contribution in [3.8, 4) is 10.8 Å². The third kappa shape index (κ3) is 3.70. The maximum Gasteiger partial charge on any atom is 0.306 e. The number of aryl methyl sites for hydroxylation is 1. The monoisotopic (exact) mass is 366 g/mol. The molecule has 3 heterocycles. The van der Waals surface area contributed by atoms with Crippen LogP contribution >= 0.6 is 11.3 Å². The van der Waals surface area contributed by atoms with Crippen molar-refractivity contribution in [2.45, 2.75) is 25.9 Å². The molecular weight excluding hydrogens is 348 g/mol. The van der Waals surface area contributed by atoms with Crippen molar-refractivity contribution in [2.24, 2.45) is 0 Å². The fourth-order valence-electron chi connectivity index (χ4n) is 2.87. The highest BCUT2D eigenvalue weighted by atomic mass is 32.1. The van der Waals surface area contributed by atoms with Crippen LogP contribution in [0.3, 0.4) is 0 Å². The molecule has 0 saturated heterocycles. The van der Waals surface area contributed by atoms with Gasteiger partial charge in [-0.25, -0.2) is 4.98 Å². The van der Waals surface area contributed by atoms with Crippen molar-refractivity contribution in [3.63, 3.8) is 0 Å². The average Bonchev–Trinajstić information content (AvgIpc) is 3.40. The third-order valence-electron chi connectivity index (χ3n) is 4.17. The van der Waals surface area contributed by atoms with E-state index in [2.05, 4.69) is 22.1 Å². The number of aromatic amines is 1. The number of carbonyl (C=O) groups is 1. The lowest BCUT2D eigenvalue weighted by molar-refractivity contribution is -0.145. The van der Waals surface area contributed by atoms with Gasteiger partial charge in [-0.3, -0.25) is 4.79 Å². The number of ether oxygens (including phenoxy) is 1. The van der Waals surface area contributed by atoms with Gasteiger partial charge in [0.1, 0.15) is 18.6 Å². The molecule has 132 valence electrons. The normalized spacial score (nSPS) is 11.1. The Morgan fingerprint density at radius 2 is 2.15 bits per heavy atom. The molecular formula is C20H18N2O3S. The molecule has 0 radical (unpaired) electrons. The molecule has 5 nitrogen and oxygen atoms in total. The minimum Gasteiger partial charge on any atom is -0.459 e. The molecule has 6 heteroatoms. The number of hydrogen-bond acceptors (Lipinski definition) is 5. The number of nitrogens with zero attached hydrogens (tertiary/aromatic N) is 1. The van der Waals surface area contributed by atoms with Crippen molar-refractivity contribution in [1.29, 1.82) is 0 Å². The lowest BCUT2D eigenvalue weighted by Crippen LogP contribution is -2.05. The number of oxazole rings is 1. The van der Waals surface area contributed by atoms with Crippen molar-refractivity contribution >= 4 is 28.2 Å². The molecule has 0 aliphatic rings. The smallest absolute Gasteiger partial charge is 0.306 e. The van der Waals surface area contributed by atoms with Crippen molar-refractivity contribution in [2.75, 3.05) is 0 Å². The fraction of sp³-hybridized carbons (Fsp3) is 0.200. The van der Waals surface area contributed by atoms with Gasteiger partial charge in [-0.1, -0.05) is 24.3 Å². The van der Waals surface area contributed by atoms with Crippen LogP contribution in [0, 0.1) is 0 Å². The second-order valence-electron chi connectivity index (χ2n) is 6.00. The van der Waals surface area contributed by atoms with Crippen LogP contribution in [-0.2, 0) is 22.6 Å². The Morgan fingerprint density at radius 3 is 3.04 bits per heavy atom. The van der Waals surface area contributed by atoms with Gasteiger partial charge in [0.25, 0.3) is 0 Å². The Balaban J connectivity index is 1.24. The Kier molecular flexibility index (Phi) is 4.84. The molecule has 4 aromatic rings. The Bertz CT molecular complexity index is 1000. The number of esters is 1. The highest BCUT2D eigenvalue weighted by molar-refractivity contribution is 7.13. The zero-order valence-electron chi connectivity index (χ0n) is 14.1. The maximum absolute atomic E-state index is 12.0. The number of H-pyrrole nitrogens is 1. The number of rotatable bonds is 7. The van der Waals surface area contributed by atoms with E-state index in [9.17, 15) is 4.79 Å². The molecule has 1 N–H and O–H groups in total. The van der Waals surface area contributed by atoms with Crippen molar-refractivity contribution in [1.82, 2.24) is 9.97 Å². The van der Waals surface area contributed by atoms with Crippen molar-refractivity contribution in [3.05, 3.63) is 65.5 Å². The first-order valence-electron chi connectivity index (χ1n) is 8.48. The second-order valence-corrected chi connectivity index (χ2v) is 6.94. The van der Waals surface area contributed by atoms with Gasteiger partial charge < -0.3 is 14.1 Å². The topological polar surface area (TPSA) is 68.1 Å². The molecule has 0 bridgehead atoms. The average molecular weight is 366 g/mol. The van der Waals surface area contributed by atoms with E-state index in [4.69, 9.17) is 9.15 Å². The minimum atomic E-state index is -0.217. The highest BCUT2D eigenvalue weighted by Crippen LogP contribution is 2.24. The third-order valence-corrected chi connectivity index (χ3v) is 5.02. The van der Waals surface area contributed by atoms with E-state index < -0.39 is 0 Å². The Hall–Kier alpha value is -2.86. The van der Waals surface area contributed by atoms with E-state index >= 15 is 0 Å². The second kappa shape index (κ2) is 7.58. The lowest BCUT2D eigenvalue weighted by Gasteiger charge is -2.02. The van der Waals surface area contributed by atoms with Crippen molar-refractivity contribution < 1.29 is 13.9 Å². The number of aromatic nitrogens is 2. The summed E-state index contributed by atoms with van der Waals surface area (Å²) in [6.45, 7) is 0.140. The number of benzene rings is 1. The predicted octanol–water partition coefficient (Wildman–Crippen LogP) is 4.95. The van der Waals surface area contributed by atoms with Gasteiger partial charge in [0.05, 0.1) is 4.88 Å². The number of hydrogen-bond donors (Lipinski definition) is 1. The Morgan fingerprint density at radius 1 is 1.23 bits per heavy atom. The van der Waals surface area contributed by atoms with Crippen LogP contribution < -0.4 is 0 Å². The van der Waals surface area contributed by atoms with Gasteiger partial charge in [0.15, 0.2) is 0 Å². The van der Waals surface area contributed by atoms with Crippen LogP contribution in [0.5, 0.6) is 0 Å². The quantitative estimate of drug-likeness (QED) is 0.470. The summed E-state index contributed by atoms with van der Waals surface area (Å²) in [6, 6.07) is 12.1. The first kappa shape index (κ1) is 16.6. The molecule has 0 fully saturated rings. The zero-order valence-corrected chi connectivity index (χ0v) is 14.9. The number of nitrogens with one attached hydrogen (secondary N) is 1. The van der Waals surface area contributed by atoms with Gasteiger partial charge in [-0.2, -0.15) is 0 Å². The van der Waals surface area contributed by atoms with E-state index in [1.807, 2.05) is 35.8 Å². The summed E-state index contributed by atoms with van der Waals surface area (Å²) >= 11 is 1.56. The van der Waals surface area contributed by atoms with Crippen LogP contribution in [0.4, 0.5) is 0 Å². The molecule has 0 unspecified atom stereocenters. The standard InChI is InChI=1S/C20H18N2O3S/c23-19(9-3-5-14-11-21-17-7-2-1-6-16(14)17)24-12-15-13-25-20(22-15)18-8-4-10-26-18/h1-2,4,6-8,10-11,13,21H,3,5,9,12H2. The SMILES string of the molecule is O=C(CCCc1c[nH]c2ccccc12)OCc1coc(-c2cccs2)n1. The number of fused-ring (bicyclic) bond motifs is 1. The summed E-state index contributed by atoms with van der Waals surface area (Å²) in [5.41, 5.74) is 2.97.